The van der Waals surface area contributed by atoms with Crippen LogP contribution in [0.3, 0.4) is 0 Å². The van der Waals surface area contributed by atoms with Gasteiger partial charge in [0.2, 0.25) is 5.91 Å². The Hall–Kier alpha value is -2.09. The molecule has 0 saturated carbocycles. The van der Waals surface area contributed by atoms with Crippen LogP contribution in [-0.4, -0.2) is 43.6 Å². The van der Waals surface area contributed by atoms with E-state index in [-0.39, 0.29) is 42.9 Å². The van der Waals surface area contributed by atoms with Crippen LogP contribution in [0.2, 0.25) is 0 Å². The van der Waals surface area contributed by atoms with Crippen molar-refractivity contribution < 1.29 is 26.9 Å². The highest BCUT2D eigenvalue weighted by molar-refractivity contribution is 7.87. The van der Waals surface area contributed by atoms with Crippen LogP contribution in [0, 0.1) is 0 Å². The summed E-state index contributed by atoms with van der Waals surface area (Å²) in [5.41, 5.74) is 0.753. The van der Waals surface area contributed by atoms with Gasteiger partial charge in [-0.1, -0.05) is 19.1 Å². The topological polar surface area (TPSA) is 90.0 Å². The van der Waals surface area contributed by atoms with Gasteiger partial charge in [0, 0.05) is 19.0 Å². The summed E-state index contributed by atoms with van der Waals surface area (Å²) in [4.78, 5) is 25.8. The van der Waals surface area contributed by atoms with E-state index in [9.17, 15) is 18.0 Å². The van der Waals surface area contributed by atoms with Gasteiger partial charge in [-0.05, 0) is 44.9 Å². The Bertz CT molecular complexity index is 731. The Labute approximate surface area is 161 Å². The maximum atomic E-state index is 12.6. The molecule has 0 aliphatic heterocycles. The molecule has 1 aromatic rings. The lowest BCUT2D eigenvalue weighted by atomic mass is 10.1. The predicted molar refractivity (Wildman–Crippen MR) is 103 cm³/mol. The van der Waals surface area contributed by atoms with Gasteiger partial charge in [-0.2, -0.15) is 8.42 Å². The minimum atomic E-state index is -3.61. The van der Waals surface area contributed by atoms with E-state index < -0.39 is 16.1 Å². The molecule has 1 rings (SSSR count). The summed E-state index contributed by atoms with van der Waals surface area (Å²) >= 11 is 0. The molecule has 0 aromatic heterocycles. The first-order valence-corrected chi connectivity index (χ1v) is 10.8. The van der Waals surface area contributed by atoms with Crippen molar-refractivity contribution in [3.8, 4) is 5.75 Å². The van der Waals surface area contributed by atoms with Gasteiger partial charge in [-0.3, -0.25) is 9.59 Å². The van der Waals surface area contributed by atoms with Crippen molar-refractivity contribution in [1.82, 2.24) is 4.90 Å². The monoisotopic (exact) mass is 399 g/mol. The van der Waals surface area contributed by atoms with E-state index in [0.717, 1.165) is 12.0 Å². The summed E-state index contributed by atoms with van der Waals surface area (Å²) in [5, 5.41) is 0. The number of esters is 1. The number of nitrogens with zero attached hydrogens (tertiary/aromatic N) is 1. The second kappa shape index (κ2) is 10.9. The number of hydrogen-bond donors (Lipinski definition) is 0. The van der Waals surface area contributed by atoms with Crippen molar-refractivity contribution in [2.45, 2.75) is 59.5 Å². The highest BCUT2D eigenvalue weighted by Gasteiger charge is 2.21. The highest BCUT2D eigenvalue weighted by atomic mass is 32.2. The number of benzene rings is 1. The molecule has 0 heterocycles. The van der Waals surface area contributed by atoms with Crippen molar-refractivity contribution >= 4 is 22.0 Å². The molecule has 1 aromatic carbocycles. The van der Waals surface area contributed by atoms with Gasteiger partial charge >= 0.3 is 16.1 Å². The van der Waals surface area contributed by atoms with Crippen LogP contribution in [0.25, 0.3) is 0 Å². The van der Waals surface area contributed by atoms with E-state index in [4.69, 9.17) is 8.92 Å². The Balaban J connectivity index is 2.88. The molecule has 0 unspecified atom stereocenters. The van der Waals surface area contributed by atoms with Crippen molar-refractivity contribution in [3.05, 3.63) is 29.8 Å². The van der Waals surface area contributed by atoms with Crippen LogP contribution in [0.15, 0.2) is 24.3 Å². The number of ether oxygens (including phenoxy) is 1. The molecule has 1 amide bonds. The second-order valence-electron chi connectivity index (χ2n) is 6.16. The summed E-state index contributed by atoms with van der Waals surface area (Å²) < 4.78 is 33.2. The summed E-state index contributed by atoms with van der Waals surface area (Å²) in [7, 11) is -3.61. The maximum Gasteiger partial charge on any atom is 0.308 e. The second-order valence-corrected chi connectivity index (χ2v) is 8.02. The number of carbonyl (C=O) groups excluding carboxylic acids is 2. The lowest BCUT2D eigenvalue weighted by Crippen LogP contribution is -2.38. The van der Waals surface area contributed by atoms with Gasteiger partial charge in [-0.25, -0.2) is 0 Å². The van der Waals surface area contributed by atoms with Crippen LogP contribution in [0.5, 0.6) is 5.75 Å². The minimum absolute atomic E-state index is 0.0244. The third-order valence-electron chi connectivity index (χ3n) is 4.12. The zero-order valence-corrected chi connectivity index (χ0v) is 17.3. The Morgan fingerprint density at radius 1 is 1.15 bits per heavy atom. The van der Waals surface area contributed by atoms with Crippen molar-refractivity contribution in [2.75, 3.05) is 12.4 Å². The molecule has 0 spiro atoms. The fourth-order valence-corrected chi connectivity index (χ4v) is 2.91. The lowest BCUT2D eigenvalue weighted by Gasteiger charge is -2.29. The Kier molecular flexibility index (Phi) is 9.28. The largest absolute Gasteiger partial charge is 0.466 e. The van der Waals surface area contributed by atoms with Crippen LogP contribution >= 0.6 is 0 Å². The summed E-state index contributed by atoms with van der Waals surface area (Å²) in [6.07, 6.45) is 0.868. The molecule has 1 atom stereocenters. The zero-order chi connectivity index (χ0) is 20.4. The SMILES string of the molecule is CCOC(=O)CCC(=O)N(Cc1cccc(OS(=O)(=O)CC)c1)[C@@H](C)CC. The van der Waals surface area contributed by atoms with Crippen molar-refractivity contribution in [1.29, 1.82) is 0 Å². The van der Waals surface area contributed by atoms with Gasteiger partial charge < -0.3 is 13.8 Å². The molecule has 7 nitrogen and oxygen atoms in total. The van der Waals surface area contributed by atoms with Crippen LogP contribution < -0.4 is 4.18 Å². The van der Waals surface area contributed by atoms with Crippen LogP contribution in [0.1, 0.15) is 52.5 Å². The van der Waals surface area contributed by atoms with Crippen molar-refractivity contribution in [2.24, 2.45) is 0 Å². The Morgan fingerprint density at radius 3 is 2.44 bits per heavy atom. The number of carbonyl (C=O) groups is 2. The molecule has 152 valence electrons. The number of rotatable bonds is 11. The highest BCUT2D eigenvalue weighted by Crippen LogP contribution is 2.19. The van der Waals surface area contributed by atoms with Gasteiger partial charge in [0.05, 0.1) is 18.8 Å². The maximum absolute atomic E-state index is 12.6. The number of hydrogen-bond acceptors (Lipinski definition) is 6. The quantitative estimate of drug-likeness (QED) is 0.420. The first kappa shape index (κ1) is 23.0. The van der Waals surface area contributed by atoms with Gasteiger partial charge in [0.15, 0.2) is 0 Å². The Morgan fingerprint density at radius 2 is 1.85 bits per heavy atom. The zero-order valence-electron chi connectivity index (χ0n) is 16.4. The predicted octanol–water partition coefficient (Wildman–Crippen LogP) is 2.89. The normalized spacial score (nSPS) is 12.3. The van der Waals surface area contributed by atoms with E-state index in [0.29, 0.717) is 6.54 Å². The minimum Gasteiger partial charge on any atom is -0.466 e. The fraction of sp³-hybridized carbons (Fsp3) is 0.579. The fourth-order valence-electron chi connectivity index (χ4n) is 2.39. The smallest absolute Gasteiger partial charge is 0.308 e. The molecule has 0 aliphatic carbocycles. The van der Waals surface area contributed by atoms with Crippen LogP contribution in [-0.2, 0) is 31.0 Å². The third kappa shape index (κ3) is 7.99. The summed E-state index contributed by atoms with van der Waals surface area (Å²) in [5.74, 6) is -0.444. The molecule has 0 radical (unpaired) electrons. The van der Waals surface area contributed by atoms with E-state index >= 15 is 0 Å². The summed E-state index contributed by atoms with van der Waals surface area (Å²) in [6.45, 7) is 7.73. The van der Waals surface area contributed by atoms with E-state index in [1.54, 1.807) is 36.1 Å². The van der Waals surface area contributed by atoms with E-state index in [2.05, 4.69) is 0 Å². The molecule has 0 bridgehead atoms. The van der Waals surface area contributed by atoms with Gasteiger partial charge in [0.1, 0.15) is 5.75 Å². The summed E-state index contributed by atoms with van der Waals surface area (Å²) in [6, 6.07) is 6.64. The average Bonchev–Trinajstić information content (AvgIpc) is 2.63. The van der Waals surface area contributed by atoms with E-state index in [1.807, 2.05) is 13.8 Å². The molecule has 8 heteroatoms. The number of amides is 1. The third-order valence-corrected chi connectivity index (χ3v) is 5.27. The molecule has 27 heavy (non-hydrogen) atoms. The van der Waals surface area contributed by atoms with Gasteiger partial charge in [-0.15, -0.1) is 0 Å². The standard InChI is InChI=1S/C19H29NO6S/c1-5-15(4)20(18(21)11-12-19(22)25-6-2)14-16-9-8-10-17(13-16)26-27(23,24)7-3/h8-10,13,15H,5-7,11-12,14H2,1-4H3/t15-/m0/s1. The molecule has 0 fully saturated rings. The first-order valence-electron chi connectivity index (χ1n) is 9.18. The molecule has 0 N–H and O–H groups in total. The first-order chi connectivity index (χ1) is 12.7. The lowest BCUT2D eigenvalue weighted by molar-refractivity contribution is -0.146. The average molecular weight is 400 g/mol. The molecular weight excluding hydrogens is 370 g/mol. The molecule has 0 aliphatic rings. The van der Waals surface area contributed by atoms with Crippen LogP contribution in [0.4, 0.5) is 0 Å². The molecular formula is C19H29NO6S. The molecule has 0 saturated heterocycles. The van der Waals surface area contributed by atoms with Gasteiger partial charge in [0.25, 0.3) is 0 Å². The van der Waals surface area contributed by atoms with Crippen molar-refractivity contribution in [3.63, 3.8) is 0 Å². The van der Waals surface area contributed by atoms with E-state index in [1.165, 1.54) is 6.92 Å².